The summed E-state index contributed by atoms with van der Waals surface area (Å²) in [5, 5.41) is 0. The Labute approximate surface area is 153 Å². The third kappa shape index (κ3) is 2.85. The van der Waals surface area contributed by atoms with Crippen LogP contribution in [0.5, 0.6) is 0 Å². The molecule has 2 atom stereocenters. The van der Waals surface area contributed by atoms with Crippen LogP contribution in [0.4, 0.5) is 0 Å². The molecule has 4 nitrogen and oxygen atoms in total. The van der Waals surface area contributed by atoms with E-state index in [0.717, 1.165) is 37.3 Å². The van der Waals surface area contributed by atoms with E-state index in [1.165, 1.54) is 16.7 Å². The highest BCUT2D eigenvalue weighted by molar-refractivity contribution is 5.80. The van der Waals surface area contributed by atoms with Crippen molar-refractivity contribution in [2.24, 2.45) is 0 Å². The Kier molecular flexibility index (Phi) is 3.88. The molecule has 26 heavy (non-hydrogen) atoms. The molecule has 2 aliphatic heterocycles. The third-order valence-corrected chi connectivity index (χ3v) is 5.42. The molecule has 1 aromatic heterocycles. The number of hydrogen-bond acceptors (Lipinski definition) is 4. The number of rotatable bonds is 3. The van der Waals surface area contributed by atoms with Crippen LogP contribution in [0.25, 0.3) is 16.7 Å². The molecule has 0 amide bonds. The summed E-state index contributed by atoms with van der Waals surface area (Å²) in [4.78, 5) is 7.07. The van der Waals surface area contributed by atoms with E-state index >= 15 is 0 Å². The Morgan fingerprint density at radius 3 is 2.85 bits per heavy atom. The first-order chi connectivity index (χ1) is 12.8. The van der Waals surface area contributed by atoms with Gasteiger partial charge in [-0.15, -0.1) is 0 Å². The Hall–Kier alpha value is -2.43. The van der Waals surface area contributed by atoms with Gasteiger partial charge in [-0.05, 0) is 35.3 Å². The lowest BCUT2D eigenvalue weighted by Crippen LogP contribution is -2.53. The Balaban J connectivity index is 1.45. The van der Waals surface area contributed by atoms with Crippen LogP contribution in [0, 0.1) is 6.92 Å². The summed E-state index contributed by atoms with van der Waals surface area (Å²) >= 11 is 0. The summed E-state index contributed by atoms with van der Waals surface area (Å²) < 4.78 is 11.5. The molecule has 2 aliphatic rings. The summed E-state index contributed by atoms with van der Waals surface area (Å²) in [5.74, 6) is 0.717. The first-order valence-electron chi connectivity index (χ1n) is 9.22. The molecule has 0 radical (unpaired) electrons. The normalized spacial score (nSPS) is 23.2. The molecule has 2 unspecified atom stereocenters. The second-order valence-electron chi connectivity index (χ2n) is 7.23. The molecule has 4 heteroatoms. The van der Waals surface area contributed by atoms with Crippen molar-refractivity contribution in [3.63, 3.8) is 0 Å². The van der Waals surface area contributed by atoms with Gasteiger partial charge in [-0.3, -0.25) is 4.90 Å². The third-order valence-electron chi connectivity index (χ3n) is 5.42. The quantitative estimate of drug-likeness (QED) is 0.713. The molecule has 5 rings (SSSR count). The first kappa shape index (κ1) is 15.8. The standard InChI is InChI=1S/C22H22N2O2/c1-15-23-21-11-17(7-8-22(21)26-15)18-9-19-13-25-14-20(10-18)24(19)12-16-5-3-2-4-6-16/h2-9,11,19-20H,10,12-14H2,1H3. The Morgan fingerprint density at radius 2 is 2.00 bits per heavy atom. The van der Waals surface area contributed by atoms with Gasteiger partial charge in [0.05, 0.1) is 19.3 Å². The molecular formula is C22H22N2O2. The number of aromatic nitrogens is 1. The molecule has 0 spiro atoms. The van der Waals surface area contributed by atoms with E-state index in [0.29, 0.717) is 18.0 Å². The smallest absolute Gasteiger partial charge is 0.192 e. The second kappa shape index (κ2) is 6.38. The van der Waals surface area contributed by atoms with E-state index in [1.54, 1.807) is 0 Å². The fourth-order valence-corrected chi connectivity index (χ4v) is 4.16. The zero-order valence-corrected chi connectivity index (χ0v) is 14.9. The highest BCUT2D eigenvalue weighted by Gasteiger charge is 2.34. The molecule has 3 heterocycles. The number of benzene rings is 2. The van der Waals surface area contributed by atoms with Crippen molar-refractivity contribution in [2.75, 3.05) is 13.2 Å². The molecule has 1 saturated heterocycles. The fraction of sp³-hybridized carbons (Fsp3) is 0.318. The molecule has 2 aromatic carbocycles. The van der Waals surface area contributed by atoms with Crippen molar-refractivity contribution in [2.45, 2.75) is 32.0 Å². The van der Waals surface area contributed by atoms with Crippen LogP contribution in [0.1, 0.15) is 23.4 Å². The number of aryl methyl sites for hydroxylation is 1. The molecule has 0 N–H and O–H groups in total. The van der Waals surface area contributed by atoms with E-state index in [2.05, 4.69) is 58.4 Å². The number of oxazole rings is 1. The van der Waals surface area contributed by atoms with Crippen molar-refractivity contribution in [1.29, 1.82) is 0 Å². The van der Waals surface area contributed by atoms with Crippen molar-refractivity contribution >= 4 is 16.7 Å². The van der Waals surface area contributed by atoms with Gasteiger partial charge in [0.2, 0.25) is 0 Å². The van der Waals surface area contributed by atoms with Crippen LogP contribution < -0.4 is 0 Å². The van der Waals surface area contributed by atoms with Gasteiger partial charge < -0.3 is 9.15 Å². The van der Waals surface area contributed by atoms with E-state index in [1.807, 2.05) is 13.0 Å². The molecule has 0 saturated carbocycles. The first-order valence-corrected chi connectivity index (χ1v) is 9.22. The predicted molar refractivity (Wildman–Crippen MR) is 102 cm³/mol. The van der Waals surface area contributed by atoms with Crippen molar-refractivity contribution in [3.8, 4) is 0 Å². The average Bonchev–Trinajstić information content (AvgIpc) is 3.01. The summed E-state index contributed by atoms with van der Waals surface area (Å²) in [6.07, 6.45) is 3.39. The fourth-order valence-electron chi connectivity index (χ4n) is 4.16. The van der Waals surface area contributed by atoms with Gasteiger partial charge in [-0.2, -0.15) is 0 Å². The minimum absolute atomic E-state index is 0.326. The average molecular weight is 346 g/mol. The van der Waals surface area contributed by atoms with Crippen LogP contribution >= 0.6 is 0 Å². The number of morpholine rings is 1. The summed E-state index contributed by atoms with van der Waals surface area (Å²) in [6.45, 7) is 4.43. The lowest BCUT2D eigenvalue weighted by Gasteiger charge is -2.44. The topological polar surface area (TPSA) is 38.5 Å². The minimum atomic E-state index is 0.326. The van der Waals surface area contributed by atoms with Gasteiger partial charge in [0.15, 0.2) is 11.5 Å². The van der Waals surface area contributed by atoms with Crippen LogP contribution in [0.15, 0.2) is 59.0 Å². The zero-order chi connectivity index (χ0) is 17.5. The van der Waals surface area contributed by atoms with E-state index in [9.17, 15) is 0 Å². The monoisotopic (exact) mass is 346 g/mol. The van der Waals surface area contributed by atoms with E-state index < -0.39 is 0 Å². The van der Waals surface area contributed by atoms with Gasteiger partial charge >= 0.3 is 0 Å². The number of ether oxygens (including phenoxy) is 1. The molecule has 0 aliphatic carbocycles. The van der Waals surface area contributed by atoms with E-state index in [4.69, 9.17) is 9.15 Å². The van der Waals surface area contributed by atoms with Crippen LogP contribution in [-0.4, -0.2) is 35.2 Å². The molecular weight excluding hydrogens is 324 g/mol. The van der Waals surface area contributed by atoms with Crippen molar-refractivity contribution < 1.29 is 9.15 Å². The Morgan fingerprint density at radius 1 is 1.12 bits per heavy atom. The maximum absolute atomic E-state index is 5.85. The largest absolute Gasteiger partial charge is 0.441 e. The van der Waals surface area contributed by atoms with Crippen LogP contribution in [-0.2, 0) is 11.3 Å². The number of hydrogen-bond donors (Lipinski definition) is 0. The van der Waals surface area contributed by atoms with Gasteiger partial charge in [0.1, 0.15) is 5.52 Å². The van der Waals surface area contributed by atoms with Gasteiger partial charge in [0, 0.05) is 19.5 Å². The maximum Gasteiger partial charge on any atom is 0.192 e. The van der Waals surface area contributed by atoms with Crippen molar-refractivity contribution in [3.05, 3.63) is 71.6 Å². The predicted octanol–water partition coefficient (Wildman–Crippen LogP) is 4.19. The number of fused-ring (bicyclic) bond motifs is 3. The molecule has 3 aromatic rings. The number of nitrogens with zero attached hydrogens (tertiary/aromatic N) is 2. The van der Waals surface area contributed by atoms with E-state index in [-0.39, 0.29) is 0 Å². The lowest BCUT2D eigenvalue weighted by atomic mass is 9.89. The van der Waals surface area contributed by atoms with Gasteiger partial charge in [0.25, 0.3) is 0 Å². The van der Waals surface area contributed by atoms with Gasteiger partial charge in [-0.1, -0.05) is 42.5 Å². The molecule has 2 bridgehead atoms. The Bertz CT molecular complexity index is 961. The second-order valence-corrected chi connectivity index (χ2v) is 7.23. The maximum atomic E-state index is 5.85. The molecule has 1 fully saturated rings. The van der Waals surface area contributed by atoms with Crippen molar-refractivity contribution in [1.82, 2.24) is 9.88 Å². The lowest BCUT2D eigenvalue weighted by molar-refractivity contribution is -0.0402. The summed E-state index contributed by atoms with van der Waals surface area (Å²) in [6, 6.07) is 17.8. The zero-order valence-electron chi connectivity index (χ0n) is 14.9. The summed E-state index contributed by atoms with van der Waals surface area (Å²) in [7, 11) is 0. The summed E-state index contributed by atoms with van der Waals surface area (Å²) in [5.41, 5.74) is 5.81. The van der Waals surface area contributed by atoms with Gasteiger partial charge in [-0.25, -0.2) is 4.98 Å². The highest BCUT2D eigenvalue weighted by Crippen LogP contribution is 2.34. The van der Waals surface area contributed by atoms with Crippen LogP contribution in [0.3, 0.4) is 0 Å². The highest BCUT2D eigenvalue weighted by atomic mass is 16.5. The SMILES string of the molecule is Cc1nc2cc(C3=CC4COCC(C3)N4Cc3ccccc3)ccc2o1. The molecule has 132 valence electrons. The minimum Gasteiger partial charge on any atom is -0.441 e. The van der Waals surface area contributed by atoms with Crippen LogP contribution in [0.2, 0.25) is 0 Å².